The van der Waals surface area contributed by atoms with Crippen molar-refractivity contribution in [1.29, 1.82) is 0 Å². The molecule has 2 aromatic rings. The van der Waals surface area contributed by atoms with Crippen molar-refractivity contribution in [3.63, 3.8) is 0 Å². The highest BCUT2D eigenvalue weighted by Crippen LogP contribution is 2.19. The average Bonchev–Trinajstić information content (AvgIpc) is 2.69. The van der Waals surface area contributed by atoms with Crippen molar-refractivity contribution in [3.8, 4) is 17.4 Å². The Morgan fingerprint density at radius 2 is 2.21 bits per heavy atom. The van der Waals surface area contributed by atoms with E-state index in [1.54, 1.807) is 11.3 Å². The summed E-state index contributed by atoms with van der Waals surface area (Å²) in [6.07, 6.45) is 0. The number of rotatable bonds is 2. The van der Waals surface area contributed by atoms with Crippen molar-refractivity contribution in [1.82, 2.24) is 15.0 Å². The van der Waals surface area contributed by atoms with Gasteiger partial charge in [-0.25, -0.2) is 0 Å². The molecule has 2 N–H and O–H groups in total. The lowest BCUT2D eigenvalue weighted by molar-refractivity contribution is 0.379. The lowest BCUT2D eigenvalue weighted by Gasteiger charge is -2.01. The predicted molar refractivity (Wildman–Crippen MR) is 54.1 cm³/mol. The quantitative estimate of drug-likeness (QED) is 0.802. The van der Waals surface area contributed by atoms with Gasteiger partial charge in [-0.15, -0.1) is 0 Å². The summed E-state index contributed by atoms with van der Waals surface area (Å²) in [5.41, 5.74) is 6.42. The second kappa shape index (κ2) is 3.59. The molecule has 72 valence electrons. The summed E-state index contributed by atoms with van der Waals surface area (Å²) in [6, 6.07) is 2.15. The first-order valence-corrected chi connectivity index (χ1v) is 4.82. The summed E-state index contributed by atoms with van der Waals surface area (Å²) in [6.45, 7) is 0. The third-order valence-corrected chi connectivity index (χ3v) is 2.28. The summed E-state index contributed by atoms with van der Waals surface area (Å²) in [7, 11) is 1.49. The van der Waals surface area contributed by atoms with Gasteiger partial charge in [-0.05, 0) is 11.4 Å². The van der Waals surface area contributed by atoms with Crippen LogP contribution in [-0.2, 0) is 0 Å². The number of methoxy groups -OCH3 is 1. The van der Waals surface area contributed by atoms with Crippen LogP contribution < -0.4 is 10.5 Å². The highest BCUT2D eigenvalue weighted by Gasteiger charge is 2.06. The third-order valence-electron chi connectivity index (χ3n) is 1.59. The maximum absolute atomic E-state index is 5.50. The van der Waals surface area contributed by atoms with E-state index in [1.807, 2.05) is 16.8 Å². The number of nitrogens with zero attached hydrogens (tertiary/aromatic N) is 3. The molecule has 0 atom stereocenters. The van der Waals surface area contributed by atoms with E-state index >= 15 is 0 Å². The third kappa shape index (κ3) is 1.64. The topological polar surface area (TPSA) is 73.9 Å². The van der Waals surface area contributed by atoms with E-state index in [9.17, 15) is 0 Å². The SMILES string of the molecule is COc1nc(N)nc(-c2ccsc2)n1. The molecular formula is C8H8N4OS. The first-order chi connectivity index (χ1) is 6.79. The van der Waals surface area contributed by atoms with Crippen LogP contribution in [0, 0.1) is 0 Å². The molecule has 0 aromatic carbocycles. The highest BCUT2D eigenvalue weighted by molar-refractivity contribution is 7.08. The molecule has 14 heavy (non-hydrogen) atoms. The fourth-order valence-electron chi connectivity index (χ4n) is 0.984. The molecule has 0 amide bonds. The standard InChI is InChI=1S/C8H8N4OS/c1-13-8-11-6(10-7(9)12-8)5-2-3-14-4-5/h2-4H,1H3,(H2,9,10,11,12). The number of anilines is 1. The van der Waals surface area contributed by atoms with Crippen LogP contribution in [0.4, 0.5) is 5.95 Å². The highest BCUT2D eigenvalue weighted by atomic mass is 32.1. The molecule has 0 spiro atoms. The van der Waals surface area contributed by atoms with Crippen molar-refractivity contribution in [2.45, 2.75) is 0 Å². The van der Waals surface area contributed by atoms with Crippen LogP contribution in [0.2, 0.25) is 0 Å². The minimum atomic E-state index is 0.165. The van der Waals surface area contributed by atoms with Gasteiger partial charge in [0.1, 0.15) is 0 Å². The van der Waals surface area contributed by atoms with Crippen LogP contribution in [0.15, 0.2) is 16.8 Å². The molecule has 0 saturated carbocycles. The lowest BCUT2D eigenvalue weighted by Crippen LogP contribution is -2.02. The maximum atomic E-state index is 5.50. The van der Waals surface area contributed by atoms with Gasteiger partial charge in [0.15, 0.2) is 5.82 Å². The Hall–Kier alpha value is -1.69. The zero-order chi connectivity index (χ0) is 9.97. The summed E-state index contributed by atoms with van der Waals surface area (Å²) in [5.74, 6) is 0.702. The molecule has 0 unspecified atom stereocenters. The minimum Gasteiger partial charge on any atom is -0.467 e. The zero-order valence-corrected chi connectivity index (χ0v) is 8.28. The Balaban J connectivity index is 2.48. The molecule has 0 radical (unpaired) electrons. The molecule has 0 bridgehead atoms. The van der Waals surface area contributed by atoms with Crippen LogP contribution in [0.3, 0.4) is 0 Å². The lowest BCUT2D eigenvalue weighted by atomic mass is 10.3. The van der Waals surface area contributed by atoms with Crippen molar-refractivity contribution in [2.75, 3.05) is 12.8 Å². The fraction of sp³-hybridized carbons (Fsp3) is 0.125. The van der Waals surface area contributed by atoms with E-state index in [0.717, 1.165) is 5.56 Å². The molecule has 2 rings (SSSR count). The average molecular weight is 208 g/mol. The predicted octanol–water partition coefficient (Wildman–Crippen LogP) is 1.19. The van der Waals surface area contributed by atoms with Gasteiger partial charge < -0.3 is 10.5 Å². The molecule has 0 aliphatic heterocycles. The van der Waals surface area contributed by atoms with Crippen LogP contribution in [0.1, 0.15) is 0 Å². The Morgan fingerprint density at radius 1 is 1.36 bits per heavy atom. The number of thiophene rings is 1. The fourth-order valence-corrected chi connectivity index (χ4v) is 1.62. The minimum absolute atomic E-state index is 0.165. The van der Waals surface area contributed by atoms with Gasteiger partial charge in [0.25, 0.3) is 0 Å². The Kier molecular flexibility index (Phi) is 2.28. The molecule has 2 heterocycles. The largest absolute Gasteiger partial charge is 0.467 e. The first-order valence-electron chi connectivity index (χ1n) is 3.87. The van der Waals surface area contributed by atoms with Gasteiger partial charge in [0, 0.05) is 10.9 Å². The van der Waals surface area contributed by atoms with Gasteiger partial charge in [0.2, 0.25) is 5.95 Å². The molecule has 2 aromatic heterocycles. The number of nitrogens with two attached hydrogens (primary N) is 1. The monoisotopic (exact) mass is 208 g/mol. The van der Waals surface area contributed by atoms with Gasteiger partial charge in [-0.1, -0.05) is 0 Å². The summed E-state index contributed by atoms with van der Waals surface area (Å²) in [4.78, 5) is 11.9. The number of ether oxygens (including phenoxy) is 1. The van der Waals surface area contributed by atoms with Crippen LogP contribution in [0.5, 0.6) is 6.01 Å². The van der Waals surface area contributed by atoms with E-state index in [-0.39, 0.29) is 12.0 Å². The number of hydrogen-bond donors (Lipinski definition) is 1. The first kappa shape index (κ1) is 8.89. The van der Waals surface area contributed by atoms with Gasteiger partial charge in [-0.3, -0.25) is 0 Å². The summed E-state index contributed by atoms with van der Waals surface area (Å²) >= 11 is 1.57. The second-order valence-corrected chi connectivity index (χ2v) is 3.30. The van der Waals surface area contributed by atoms with Gasteiger partial charge in [-0.2, -0.15) is 26.3 Å². The van der Waals surface area contributed by atoms with E-state index < -0.39 is 0 Å². The Labute approximate surface area is 84.6 Å². The van der Waals surface area contributed by atoms with Crippen molar-refractivity contribution in [3.05, 3.63) is 16.8 Å². The number of hydrogen-bond acceptors (Lipinski definition) is 6. The van der Waals surface area contributed by atoms with Crippen LogP contribution in [-0.4, -0.2) is 22.1 Å². The van der Waals surface area contributed by atoms with Crippen LogP contribution in [0.25, 0.3) is 11.4 Å². The summed E-state index contributed by atoms with van der Waals surface area (Å²) in [5, 5.41) is 3.88. The smallest absolute Gasteiger partial charge is 0.321 e. The van der Waals surface area contributed by atoms with E-state index in [1.165, 1.54) is 7.11 Å². The van der Waals surface area contributed by atoms with E-state index in [2.05, 4.69) is 15.0 Å². The van der Waals surface area contributed by atoms with Crippen LogP contribution >= 0.6 is 11.3 Å². The van der Waals surface area contributed by atoms with Gasteiger partial charge >= 0.3 is 6.01 Å². The van der Waals surface area contributed by atoms with Gasteiger partial charge in [0.05, 0.1) is 7.11 Å². The van der Waals surface area contributed by atoms with Crippen molar-refractivity contribution in [2.24, 2.45) is 0 Å². The number of nitrogen functional groups attached to an aromatic ring is 1. The molecular weight excluding hydrogens is 200 g/mol. The van der Waals surface area contributed by atoms with Crippen molar-refractivity contribution < 1.29 is 4.74 Å². The molecule has 0 aliphatic rings. The Morgan fingerprint density at radius 3 is 2.86 bits per heavy atom. The maximum Gasteiger partial charge on any atom is 0.321 e. The number of aromatic nitrogens is 3. The van der Waals surface area contributed by atoms with E-state index in [4.69, 9.17) is 10.5 Å². The second-order valence-electron chi connectivity index (χ2n) is 2.52. The Bertz CT molecular complexity index is 429. The normalized spacial score (nSPS) is 10.1. The molecule has 6 heteroatoms. The molecule has 0 saturated heterocycles. The van der Waals surface area contributed by atoms with E-state index in [0.29, 0.717) is 5.82 Å². The zero-order valence-electron chi connectivity index (χ0n) is 7.47. The molecule has 5 nitrogen and oxygen atoms in total. The molecule has 0 aliphatic carbocycles. The van der Waals surface area contributed by atoms with Crippen molar-refractivity contribution >= 4 is 17.3 Å². The summed E-state index contributed by atoms with van der Waals surface area (Å²) < 4.78 is 4.89. The molecule has 0 fully saturated rings.